The third kappa shape index (κ3) is 3.41. The van der Waals surface area contributed by atoms with Gasteiger partial charge in [0, 0.05) is 29.1 Å². The summed E-state index contributed by atoms with van der Waals surface area (Å²) in [5.74, 6) is -1.58. The van der Waals surface area contributed by atoms with Gasteiger partial charge in [0.1, 0.15) is 0 Å². The summed E-state index contributed by atoms with van der Waals surface area (Å²) in [5.41, 5.74) is 1.81. The first-order valence-corrected chi connectivity index (χ1v) is 8.42. The number of alkyl halides is 1. The molecule has 27 heavy (non-hydrogen) atoms. The van der Waals surface area contributed by atoms with E-state index in [1.54, 1.807) is 19.9 Å². The number of carbonyl (C=O) groups is 1. The zero-order valence-electron chi connectivity index (χ0n) is 14.4. The SMILES string of the molecule is CC1=C(C(=O)O)C(c2cccc([N+](=O)[O-])c2)C(c2nc(CCl)no2)=C(C)N1. The molecule has 2 N–H and O–H groups in total. The molecule has 1 atom stereocenters. The third-order valence-corrected chi connectivity index (χ3v) is 4.46. The number of allylic oxidation sites excluding steroid dienone is 3. The molecule has 1 aromatic carbocycles. The average Bonchev–Trinajstić information content (AvgIpc) is 3.09. The Balaban J connectivity index is 2.23. The number of non-ortho nitro benzene ring substituents is 1. The molecule has 0 fully saturated rings. The second kappa shape index (κ2) is 7.20. The van der Waals surface area contributed by atoms with E-state index in [-0.39, 0.29) is 28.9 Å². The standard InChI is InChI=1S/C17H15ClN4O5/c1-8-13(16-20-12(7-18)21-27-16)15(14(17(23)24)9(2)19-8)10-4-3-5-11(6-10)22(25)26/h3-6,15,19H,7H2,1-2H3,(H,23,24). The van der Waals surface area contributed by atoms with E-state index in [4.69, 9.17) is 16.1 Å². The van der Waals surface area contributed by atoms with E-state index in [9.17, 15) is 20.0 Å². The predicted molar refractivity (Wildman–Crippen MR) is 95.8 cm³/mol. The maximum absolute atomic E-state index is 12.0. The molecule has 0 radical (unpaired) electrons. The quantitative estimate of drug-likeness (QED) is 0.452. The molecule has 3 rings (SSSR count). The average molecular weight is 391 g/mol. The van der Waals surface area contributed by atoms with Gasteiger partial charge in [-0.25, -0.2) is 4.79 Å². The molecule has 0 spiro atoms. The lowest BCUT2D eigenvalue weighted by molar-refractivity contribution is -0.384. The Labute approximate surface area is 158 Å². The lowest BCUT2D eigenvalue weighted by Crippen LogP contribution is -2.27. The van der Waals surface area contributed by atoms with Gasteiger partial charge in [-0.1, -0.05) is 17.3 Å². The molecule has 0 bridgehead atoms. The van der Waals surface area contributed by atoms with Crippen molar-refractivity contribution in [2.75, 3.05) is 0 Å². The number of benzene rings is 1. The number of halogens is 1. The topological polar surface area (TPSA) is 131 Å². The minimum Gasteiger partial charge on any atom is -0.478 e. The first-order chi connectivity index (χ1) is 12.8. The highest BCUT2D eigenvalue weighted by Crippen LogP contribution is 2.43. The van der Waals surface area contributed by atoms with Gasteiger partial charge >= 0.3 is 5.97 Å². The van der Waals surface area contributed by atoms with E-state index in [1.807, 2.05) is 0 Å². The molecule has 1 unspecified atom stereocenters. The van der Waals surface area contributed by atoms with Gasteiger partial charge in [-0.05, 0) is 19.4 Å². The Morgan fingerprint density at radius 2 is 2.15 bits per heavy atom. The van der Waals surface area contributed by atoms with Gasteiger partial charge in [0.15, 0.2) is 5.82 Å². The summed E-state index contributed by atoms with van der Waals surface area (Å²) in [6.07, 6.45) is 0. The molecule has 1 aromatic heterocycles. The molecular weight excluding hydrogens is 376 g/mol. The number of nitro groups is 1. The van der Waals surface area contributed by atoms with Crippen LogP contribution in [0.2, 0.25) is 0 Å². The molecule has 10 heteroatoms. The number of rotatable bonds is 5. The fourth-order valence-corrected chi connectivity index (χ4v) is 3.24. The van der Waals surface area contributed by atoms with Crippen LogP contribution in [-0.2, 0) is 10.7 Å². The Hall–Kier alpha value is -3.20. The van der Waals surface area contributed by atoms with Gasteiger partial charge in [-0.3, -0.25) is 10.1 Å². The fraction of sp³-hybridized carbons (Fsp3) is 0.235. The number of carboxylic acid groups (broad SMARTS) is 1. The number of aromatic nitrogens is 2. The van der Waals surface area contributed by atoms with Crippen LogP contribution < -0.4 is 5.32 Å². The van der Waals surface area contributed by atoms with E-state index in [1.165, 1.54) is 18.2 Å². The number of nitrogens with zero attached hydrogens (tertiary/aromatic N) is 3. The molecule has 0 aliphatic carbocycles. The molecule has 140 valence electrons. The number of hydrogen-bond acceptors (Lipinski definition) is 7. The molecule has 2 heterocycles. The van der Waals surface area contributed by atoms with Gasteiger partial charge in [-0.2, -0.15) is 4.98 Å². The van der Waals surface area contributed by atoms with Gasteiger partial charge in [0.2, 0.25) is 0 Å². The monoisotopic (exact) mass is 390 g/mol. The molecule has 1 aliphatic rings. The number of carboxylic acids is 1. The number of aliphatic carboxylic acids is 1. The molecule has 0 saturated carbocycles. The van der Waals surface area contributed by atoms with Gasteiger partial charge in [0.05, 0.1) is 22.3 Å². The number of nitrogens with one attached hydrogen (secondary N) is 1. The van der Waals surface area contributed by atoms with Gasteiger partial charge in [-0.15, -0.1) is 11.6 Å². The number of dihydropyridines is 1. The van der Waals surface area contributed by atoms with Crippen LogP contribution in [0, 0.1) is 10.1 Å². The van der Waals surface area contributed by atoms with Crippen molar-refractivity contribution in [3.8, 4) is 0 Å². The van der Waals surface area contributed by atoms with Crippen LogP contribution in [0.4, 0.5) is 5.69 Å². The maximum atomic E-state index is 12.0. The highest BCUT2D eigenvalue weighted by Gasteiger charge is 2.36. The van der Waals surface area contributed by atoms with Crippen LogP contribution in [0.5, 0.6) is 0 Å². The Morgan fingerprint density at radius 3 is 2.74 bits per heavy atom. The zero-order valence-corrected chi connectivity index (χ0v) is 15.1. The Bertz CT molecular complexity index is 995. The van der Waals surface area contributed by atoms with E-state index in [2.05, 4.69) is 15.5 Å². The summed E-state index contributed by atoms with van der Waals surface area (Å²) in [6, 6.07) is 5.83. The van der Waals surface area contributed by atoms with Crippen molar-refractivity contribution >= 4 is 28.8 Å². The second-order valence-corrected chi connectivity index (χ2v) is 6.21. The highest BCUT2D eigenvalue weighted by molar-refractivity contribution is 6.16. The lowest BCUT2D eigenvalue weighted by Gasteiger charge is -2.29. The number of hydrogen-bond donors (Lipinski definition) is 2. The first-order valence-electron chi connectivity index (χ1n) is 7.88. The van der Waals surface area contributed by atoms with Crippen molar-refractivity contribution < 1.29 is 19.3 Å². The van der Waals surface area contributed by atoms with E-state index < -0.39 is 16.8 Å². The van der Waals surface area contributed by atoms with E-state index >= 15 is 0 Å². The predicted octanol–water partition coefficient (Wildman–Crippen LogP) is 3.19. The smallest absolute Gasteiger partial charge is 0.334 e. The van der Waals surface area contributed by atoms with Crippen molar-refractivity contribution in [3.05, 3.63) is 68.6 Å². The Morgan fingerprint density at radius 1 is 1.41 bits per heavy atom. The summed E-state index contributed by atoms with van der Waals surface area (Å²) in [6.45, 7) is 3.37. The summed E-state index contributed by atoms with van der Waals surface area (Å²) in [7, 11) is 0. The first kappa shape index (κ1) is 18.6. The van der Waals surface area contributed by atoms with Crippen molar-refractivity contribution in [2.45, 2.75) is 25.6 Å². The molecule has 1 aliphatic heterocycles. The summed E-state index contributed by atoms with van der Waals surface area (Å²) >= 11 is 5.73. The highest BCUT2D eigenvalue weighted by atomic mass is 35.5. The molecular formula is C17H15ClN4O5. The summed E-state index contributed by atoms with van der Waals surface area (Å²) in [5, 5.41) is 27.7. The molecule has 0 amide bonds. The van der Waals surface area contributed by atoms with Crippen molar-refractivity contribution in [1.82, 2.24) is 15.5 Å². The van der Waals surface area contributed by atoms with Crippen LogP contribution in [0.1, 0.15) is 37.0 Å². The largest absolute Gasteiger partial charge is 0.478 e. The summed E-state index contributed by atoms with van der Waals surface area (Å²) < 4.78 is 5.27. The maximum Gasteiger partial charge on any atom is 0.334 e. The van der Waals surface area contributed by atoms with Crippen molar-refractivity contribution in [1.29, 1.82) is 0 Å². The van der Waals surface area contributed by atoms with Crippen LogP contribution >= 0.6 is 11.6 Å². The zero-order chi connectivity index (χ0) is 19.7. The van der Waals surface area contributed by atoms with Crippen LogP contribution in [0.3, 0.4) is 0 Å². The lowest BCUT2D eigenvalue weighted by atomic mass is 9.80. The van der Waals surface area contributed by atoms with Crippen LogP contribution in [0.25, 0.3) is 5.57 Å². The Kier molecular flexibility index (Phi) is 4.95. The number of nitro benzene ring substituents is 1. The minimum atomic E-state index is -1.15. The molecule has 2 aromatic rings. The normalized spacial score (nSPS) is 17.1. The van der Waals surface area contributed by atoms with Crippen molar-refractivity contribution in [2.24, 2.45) is 0 Å². The van der Waals surface area contributed by atoms with Gasteiger partial charge < -0.3 is 14.9 Å². The van der Waals surface area contributed by atoms with E-state index in [0.717, 1.165) is 0 Å². The van der Waals surface area contributed by atoms with Crippen LogP contribution in [0.15, 0.2) is 45.8 Å². The van der Waals surface area contributed by atoms with Crippen molar-refractivity contribution in [3.63, 3.8) is 0 Å². The minimum absolute atomic E-state index is 0.0331. The third-order valence-electron chi connectivity index (χ3n) is 4.22. The second-order valence-electron chi connectivity index (χ2n) is 5.94. The van der Waals surface area contributed by atoms with Crippen LogP contribution in [-0.4, -0.2) is 26.1 Å². The summed E-state index contributed by atoms with van der Waals surface area (Å²) in [4.78, 5) is 26.8. The van der Waals surface area contributed by atoms with Gasteiger partial charge in [0.25, 0.3) is 11.6 Å². The molecule has 0 saturated heterocycles. The van der Waals surface area contributed by atoms with E-state index in [0.29, 0.717) is 22.5 Å². The molecule has 9 nitrogen and oxygen atoms in total. The fourth-order valence-electron chi connectivity index (χ4n) is 3.13.